The van der Waals surface area contributed by atoms with Crippen LogP contribution < -0.4 is 15.5 Å². The Hall–Kier alpha value is -3.02. The fourth-order valence-electron chi connectivity index (χ4n) is 4.10. The van der Waals surface area contributed by atoms with Crippen LogP contribution in [0, 0.1) is 0 Å². The van der Waals surface area contributed by atoms with Gasteiger partial charge >= 0.3 is 6.03 Å². The number of hydrogen-bond acceptors (Lipinski definition) is 3. The summed E-state index contributed by atoms with van der Waals surface area (Å²) in [5, 5.41) is 5.68. The summed E-state index contributed by atoms with van der Waals surface area (Å²) >= 11 is 0. The Morgan fingerprint density at radius 2 is 1.38 bits per heavy atom. The number of nitrogens with zero attached hydrogens (tertiary/aromatic N) is 2. The van der Waals surface area contributed by atoms with Crippen LogP contribution in [0.15, 0.2) is 48.5 Å². The highest BCUT2D eigenvalue weighted by atomic mass is 16.2. The molecule has 2 aliphatic heterocycles. The van der Waals surface area contributed by atoms with E-state index in [4.69, 9.17) is 0 Å². The molecule has 2 aromatic rings. The fourth-order valence-corrected chi connectivity index (χ4v) is 4.10. The van der Waals surface area contributed by atoms with Crippen LogP contribution >= 0.6 is 0 Å². The van der Waals surface area contributed by atoms with E-state index in [2.05, 4.69) is 15.5 Å². The lowest BCUT2D eigenvalue weighted by molar-refractivity contribution is 0.0725. The minimum Gasteiger partial charge on any atom is -0.371 e. The molecule has 3 amide bonds. The number of carbonyl (C=O) groups excluding carboxylic acids is 2. The van der Waals surface area contributed by atoms with Gasteiger partial charge in [-0.25, -0.2) is 4.79 Å². The normalized spacial score (nSPS) is 16.6. The molecule has 2 heterocycles. The molecule has 2 fully saturated rings. The molecule has 2 N–H and O–H groups in total. The van der Waals surface area contributed by atoms with Crippen molar-refractivity contribution in [1.29, 1.82) is 0 Å². The number of anilines is 3. The Bertz CT molecular complexity index is 856. The quantitative estimate of drug-likeness (QED) is 0.802. The summed E-state index contributed by atoms with van der Waals surface area (Å²) in [5.41, 5.74) is 3.02. The highest BCUT2D eigenvalue weighted by Crippen LogP contribution is 2.29. The van der Waals surface area contributed by atoms with Gasteiger partial charge in [-0.05, 0) is 62.4 Å². The molecule has 2 aliphatic rings. The maximum atomic E-state index is 13.3. The van der Waals surface area contributed by atoms with Crippen LogP contribution in [0.3, 0.4) is 0 Å². The third-order valence-electron chi connectivity index (χ3n) is 5.61. The van der Waals surface area contributed by atoms with Crippen LogP contribution in [-0.4, -0.2) is 43.0 Å². The van der Waals surface area contributed by atoms with Crippen molar-refractivity contribution in [3.05, 3.63) is 54.1 Å². The van der Waals surface area contributed by atoms with Gasteiger partial charge in [-0.3, -0.25) is 4.79 Å². The number of urea groups is 1. The summed E-state index contributed by atoms with van der Waals surface area (Å²) in [5.74, 6) is 0.0683. The predicted octanol–water partition coefficient (Wildman–Crippen LogP) is 4.56. The summed E-state index contributed by atoms with van der Waals surface area (Å²) < 4.78 is 0. The summed E-state index contributed by atoms with van der Waals surface area (Å²) in [4.78, 5) is 29.9. The SMILES string of the molecule is O=C(Nc1ccccc1)Nc1ccc(N2CCCC2)c(C(=O)N2CCCCC2)c1. The molecule has 2 saturated heterocycles. The van der Waals surface area contributed by atoms with E-state index in [0.717, 1.165) is 63.2 Å². The maximum Gasteiger partial charge on any atom is 0.323 e. The van der Waals surface area contributed by atoms with E-state index in [1.165, 1.54) is 6.42 Å². The van der Waals surface area contributed by atoms with Gasteiger partial charge in [0.15, 0.2) is 0 Å². The predicted molar refractivity (Wildman–Crippen MR) is 117 cm³/mol. The van der Waals surface area contributed by atoms with Gasteiger partial charge in [0.25, 0.3) is 5.91 Å². The molecule has 29 heavy (non-hydrogen) atoms. The summed E-state index contributed by atoms with van der Waals surface area (Å²) in [6, 6.07) is 14.7. The minimum atomic E-state index is -0.318. The van der Waals surface area contributed by atoms with E-state index in [9.17, 15) is 9.59 Å². The first kappa shape index (κ1) is 19.3. The zero-order valence-corrected chi connectivity index (χ0v) is 16.7. The largest absolute Gasteiger partial charge is 0.371 e. The number of likely N-dealkylation sites (tertiary alicyclic amines) is 1. The molecular weight excluding hydrogens is 364 g/mol. The van der Waals surface area contributed by atoms with Gasteiger partial charge < -0.3 is 20.4 Å². The first-order valence-corrected chi connectivity index (χ1v) is 10.5. The molecule has 2 aromatic carbocycles. The van der Waals surface area contributed by atoms with Crippen molar-refractivity contribution in [1.82, 2.24) is 4.90 Å². The second kappa shape index (κ2) is 8.99. The van der Waals surface area contributed by atoms with Crippen molar-refractivity contribution in [2.75, 3.05) is 41.7 Å². The number of para-hydroxylation sites is 1. The van der Waals surface area contributed by atoms with Gasteiger partial charge in [0.2, 0.25) is 0 Å². The van der Waals surface area contributed by atoms with Gasteiger partial charge in [-0.15, -0.1) is 0 Å². The van der Waals surface area contributed by atoms with E-state index in [-0.39, 0.29) is 11.9 Å². The lowest BCUT2D eigenvalue weighted by atomic mass is 10.1. The third kappa shape index (κ3) is 4.70. The number of benzene rings is 2. The van der Waals surface area contributed by atoms with Crippen LogP contribution in [0.1, 0.15) is 42.5 Å². The molecule has 0 unspecified atom stereocenters. The van der Waals surface area contributed by atoms with E-state index < -0.39 is 0 Å². The first-order valence-electron chi connectivity index (χ1n) is 10.5. The molecule has 0 atom stereocenters. The molecule has 0 spiro atoms. The summed E-state index contributed by atoms with van der Waals surface area (Å²) in [6.45, 7) is 3.57. The number of rotatable bonds is 4. The average Bonchev–Trinajstić information content (AvgIpc) is 3.29. The fraction of sp³-hybridized carbons (Fsp3) is 0.391. The van der Waals surface area contributed by atoms with Gasteiger partial charge in [0.1, 0.15) is 0 Å². The molecule has 152 valence electrons. The molecular formula is C23H28N4O2. The van der Waals surface area contributed by atoms with Crippen LogP contribution in [0.25, 0.3) is 0 Å². The molecule has 0 aromatic heterocycles. The van der Waals surface area contributed by atoms with Crippen LogP contribution in [0.4, 0.5) is 21.9 Å². The highest BCUT2D eigenvalue weighted by Gasteiger charge is 2.25. The van der Waals surface area contributed by atoms with E-state index in [0.29, 0.717) is 11.3 Å². The molecule has 0 bridgehead atoms. The van der Waals surface area contributed by atoms with Crippen LogP contribution in [0.5, 0.6) is 0 Å². The molecule has 0 aliphatic carbocycles. The van der Waals surface area contributed by atoms with Crippen LogP contribution in [0.2, 0.25) is 0 Å². The Labute approximate surface area is 171 Å². The molecule has 6 heteroatoms. The second-order valence-electron chi connectivity index (χ2n) is 7.72. The van der Waals surface area contributed by atoms with Crippen molar-refractivity contribution in [3.63, 3.8) is 0 Å². The lowest BCUT2D eigenvalue weighted by Gasteiger charge is -2.29. The zero-order chi connectivity index (χ0) is 20.1. The number of nitrogens with one attached hydrogen (secondary N) is 2. The number of piperidine rings is 1. The highest BCUT2D eigenvalue weighted by molar-refractivity contribution is 6.04. The smallest absolute Gasteiger partial charge is 0.323 e. The van der Waals surface area contributed by atoms with Gasteiger partial charge in [-0.1, -0.05) is 18.2 Å². The van der Waals surface area contributed by atoms with E-state index in [1.807, 2.05) is 53.4 Å². The van der Waals surface area contributed by atoms with Crippen molar-refractivity contribution < 1.29 is 9.59 Å². The summed E-state index contributed by atoms with van der Waals surface area (Å²) in [6.07, 6.45) is 5.60. The van der Waals surface area contributed by atoms with Crippen molar-refractivity contribution in [2.24, 2.45) is 0 Å². The Kier molecular flexibility index (Phi) is 5.98. The zero-order valence-electron chi connectivity index (χ0n) is 16.7. The Balaban J connectivity index is 1.55. The maximum absolute atomic E-state index is 13.3. The standard InChI is InChI=1S/C23H28N4O2/c28-22(27-15-5-2-6-16-27)20-17-19(11-12-21(20)26-13-7-8-14-26)25-23(29)24-18-9-3-1-4-10-18/h1,3-4,9-12,17H,2,5-8,13-16H2,(H2,24,25,29). The second-order valence-corrected chi connectivity index (χ2v) is 7.72. The van der Waals surface area contributed by atoms with Gasteiger partial charge in [0, 0.05) is 43.2 Å². The van der Waals surface area contributed by atoms with Crippen molar-refractivity contribution >= 4 is 29.0 Å². The molecule has 0 saturated carbocycles. The molecule has 4 rings (SSSR count). The number of hydrogen-bond donors (Lipinski definition) is 2. The Morgan fingerprint density at radius 1 is 0.724 bits per heavy atom. The minimum absolute atomic E-state index is 0.0683. The topological polar surface area (TPSA) is 64.7 Å². The van der Waals surface area contributed by atoms with Gasteiger partial charge in [0.05, 0.1) is 5.56 Å². The van der Waals surface area contributed by atoms with Crippen molar-refractivity contribution in [2.45, 2.75) is 32.1 Å². The Morgan fingerprint density at radius 3 is 2.10 bits per heavy atom. The van der Waals surface area contributed by atoms with Crippen LogP contribution in [-0.2, 0) is 0 Å². The van der Waals surface area contributed by atoms with Gasteiger partial charge in [-0.2, -0.15) is 0 Å². The number of amides is 3. The average molecular weight is 393 g/mol. The molecule has 0 radical (unpaired) electrons. The van der Waals surface area contributed by atoms with E-state index in [1.54, 1.807) is 0 Å². The third-order valence-corrected chi connectivity index (χ3v) is 5.61. The monoisotopic (exact) mass is 392 g/mol. The molecule has 6 nitrogen and oxygen atoms in total. The first-order chi connectivity index (χ1) is 14.2. The van der Waals surface area contributed by atoms with Crippen molar-refractivity contribution in [3.8, 4) is 0 Å². The van der Waals surface area contributed by atoms with E-state index >= 15 is 0 Å². The summed E-state index contributed by atoms with van der Waals surface area (Å²) in [7, 11) is 0. The number of carbonyl (C=O) groups is 2. The lowest BCUT2D eigenvalue weighted by Crippen LogP contribution is -2.36.